The van der Waals surface area contributed by atoms with Crippen LogP contribution in [0.4, 0.5) is 0 Å². The lowest BCUT2D eigenvalue weighted by Gasteiger charge is -2.13. The molecule has 3 saturated carbocycles. The molecule has 3 aliphatic rings. The zero-order valence-electron chi connectivity index (χ0n) is 8.44. The summed E-state index contributed by atoms with van der Waals surface area (Å²) in [6.45, 7) is 1.75. The molecule has 3 fully saturated rings. The fraction of sp³-hybridized carbons (Fsp3) is 0.909. The Hall–Kier alpha value is -0.570. The van der Waals surface area contributed by atoms with Gasteiger partial charge in [-0.1, -0.05) is 0 Å². The first-order chi connectivity index (χ1) is 6.68. The molecular formula is C11H17NO2. The third kappa shape index (κ3) is 1.05. The van der Waals surface area contributed by atoms with Crippen molar-refractivity contribution >= 4 is 5.97 Å². The van der Waals surface area contributed by atoms with Crippen LogP contribution in [0.25, 0.3) is 0 Å². The van der Waals surface area contributed by atoms with Gasteiger partial charge in [0.25, 0.3) is 0 Å². The third-order valence-corrected chi connectivity index (χ3v) is 4.55. The molecule has 2 N–H and O–H groups in total. The van der Waals surface area contributed by atoms with Crippen molar-refractivity contribution in [2.75, 3.05) is 0 Å². The van der Waals surface area contributed by atoms with E-state index in [4.69, 9.17) is 5.11 Å². The molecule has 0 aromatic heterocycles. The Balaban J connectivity index is 1.61. The van der Waals surface area contributed by atoms with Gasteiger partial charge in [0.2, 0.25) is 0 Å². The fourth-order valence-electron chi connectivity index (χ4n) is 3.91. The minimum Gasteiger partial charge on any atom is -0.480 e. The van der Waals surface area contributed by atoms with E-state index in [0.717, 1.165) is 23.7 Å². The molecule has 5 unspecified atom stereocenters. The number of fused-ring (bicyclic) bond motifs is 5. The zero-order chi connectivity index (χ0) is 9.87. The number of hydrogen-bond donors (Lipinski definition) is 2. The average molecular weight is 195 g/mol. The predicted octanol–water partition coefficient (Wildman–Crippen LogP) is 1.09. The summed E-state index contributed by atoms with van der Waals surface area (Å²) < 4.78 is 0. The van der Waals surface area contributed by atoms with Gasteiger partial charge in [-0.05, 0) is 49.9 Å². The van der Waals surface area contributed by atoms with E-state index in [9.17, 15) is 4.79 Å². The highest BCUT2D eigenvalue weighted by molar-refractivity contribution is 5.73. The molecule has 0 aromatic carbocycles. The minimum atomic E-state index is -0.720. The molecule has 0 heterocycles. The number of nitrogens with one attached hydrogen (secondary N) is 1. The first-order valence-corrected chi connectivity index (χ1v) is 5.67. The molecule has 3 nitrogen and oxygen atoms in total. The lowest BCUT2D eigenvalue weighted by molar-refractivity contribution is -0.139. The first kappa shape index (κ1) is 8.72. The van der Waals surface area contributed by atoms with Crippen LogP contribution >= 0.6 is 0 Å². The Morgan fingerprint density at radius 1 is 1.36 bits per heavy atom. The highest BCUT2D eigenvalue weighted by atomic mass is 16.4. The molecular weight excluding hydrogens is 178 g/mol. The summed E-state index contributed by atoms with van der Waals surface area (Å²) in [5.41, 5.74) is 0. The summed E-state index contributed by atoms with van der Waals surface area (Å²) in [7, 11) is 0. The molecule has 3 aliphatic carbocycles. The van der Waals surface area contributed by atoms with Crippen LogP contribution in [0.1, 0.15) is 26.2 Å². The van der Waals surface area contributed by atoms with Gasteiger partial charge < -0.3 is 10.4 Å². The Morgan fingerprint density at radius 2 is 1.93 bits per heavy atom. The van der Waals surface area contributed by atoms with Crippen molar-refractivity contribution in [3.63, 3.8) is 0 Å². The molecule has 3 rings (SSSR count). The van der Waals surface area contributed by atoms with E-state index >= 15 is 0 Å². The van der Waals surface area contributed by atoms with Gasteiger partial charge in [-0.25, -0.2) is 0 Å². The van der Waals surface area contributed by atoms with E-state index < -0.39 is 5.97 Å². The number of carbonyl (C=O) groups is 1. The van der Waals surface area contributed by atoms with Gasteiger partial charge in [-0.15, -0.1) is 0 Å². The topological polar surface area (TPSA) is 49.3 Å². The highest BCUT2D eigenvalue weighted by Gasteiger charge is 2.65. The molecule has 0 radical (unpaired) electrons. The van der Waals surface area contributed by atoms with Crippen molar-refractivity contribution < 1.29 is 9.90 Å². The third-order valence-electron chi connectivity index (χ3n) is 4.55. The van der Waals surface area contributed by atoms with Crippen LogP contribution in [-0.2, 0) is 4.79 Å². The Kier molecular flexibility index (Phi) is 1.69. The second-order valence-electron chi connectivity index (χ2n) is 5.24. The van der Waals surface area contributed by atoms with E-state index in [2.05, 4.69) is 5.32 Å². The van der Waals surface area contributed by atoms with Gasteiger partial charge in [0.05, 0.1) is 0 Å². The summed E-state index contributed by atoms with van der Waals surface area (Å²) >= 11 is 0. The average Bonchev–Trinajstić information content (AvgIpc) is 2.59. The summed E-state index contributed by atoms with van der Waals surface area (Å²) in [6.07, 6.45) is 4.21. The number of hydrogen-bond acceptors (Lipinski definition) is 2. The van der Waals surface area contributed by atoms with Gasteiger partial charge in [0, 0.05) is 6.04 Å². The van der Waals surface area contributed by atoms with E-state index in [1.165, 1.54) is 19.3 Å². The van der Waals surface area contributed by atoms with E-state index in [0.29, 0.717) is 6.04 Å². The van der Waals surface area contributed by atoms with Crippen LogP contribution in [0.5, 0.6) is 0 Å². The van der Waals surface area contributed by atoms with Gasteiger partial charge in [-0.3, -0.25) is 4.79 Å². The van der Waals surface area contributed by atoms with Crippen molar-refractivity contribution in [3.05, 3.63) is 0 Å². The molecule has 0 aromatic rings. The highest BCUT2D eigenvalue weighted by Crippen LogP contribution is 2.65. The van der Waals surface area contributed by atoms with Crippen LogP contribution in [0, 0.1) is 23.7 Å². The number of aliphatic carboxylic acids is 1. The van der Waals surface area contributed by atoms with Crippen molar-refractivity contribution in [2.24, 2.45) is 23.7 Å². The minimum absolute atomic E-state index is 0.370. The van der Waals surface area contributed by atoms with Crippen molar-refractivity contribution in [3.8, 4) is 0 Å². The van der Waals surface area contributed by atoms with E-state index in [-0.39, 0.29) is 6.04 Å². The van der Waals surface area contributed by atoms with Crippen molar-refractivity contribution in [1.82, 2.24) is 5.32 Å². The summed E-state index contributed by atoms with van der Waals surface area (Å²) in [4.78, 5) is 10.7. The molecule has 0 saturated heterocycles. The molecule has 0 amide bonds. The number of carboxylic acids is 1. The molecule has 14 heavy (non-hydrogen) atoms. The molecule has 5 atom stereocenters. The summed E-state index contributed by atoms with van der Waals surface area (Å²) in [5.74, 6) is 2.78. The number of rotatable bonds is 3. The van der Waals surface area contributed by atoms with E-state index in [1.54, 1.807) is 6.92 Å². The SMILES string of the molecule is CC(NC1C2C3CCC(C3)C12)C(=O)O. The van der Waals surface area contributed by atoms with Gasteiger partial charge >= 0.3 is 5.97 Å². The lowest BCUT2D eigenvalue weighted by atomic mass is 10.0. The Labute approximate surface area is 83.9 Å². The van der Waals surface area contributed by atoms with Gasteiger partial charge in [-0.2, -0.15) is 0 Å². The molecule has 3 heteroatoms. The Bertz CT molecular complexity index is 262. The normalized spacial score (nSPS) is 50.2. The molecule has 78 valence electrons. The molecule has 0 aliphatic heterocycles. The van der Waals surface area contributed by atoms with Crippen molar-refractivity contribution in [1.29, 1.82) is 0 Å². The fourth-order valence-corrected chi connectivity index (χ4v) is 3.91. The van der Waals surface area contributed by atoms with Crippen LogP contribution in [-0.4, -0.2) is 23.2 Å². The molecule has 2 bridgehead atoms. The summed E-state index contributed by atoms with van der Waals surface area (Å²) in [6, 6.07) is 0.164. The van der Waals surface area contributed by atoms with Gasteiger partial charge in [0.15, 0.2) is 0 Å². The second kappa shape index (κ2) is 2.72. The predicted molar refractivity (Wildman–Crippen MR) is 51.8 cm³/mol. The van der Waals surface area contributed by atoms with Crippen LogP contribution in [0.15, 0.2) is 0 Å². The van der Waals surface area contributed by atoms with Gasteiger partial charge in [0.1, 0.15) is 6.04 Å². The lowest BCUT2D eigenvalue weighted by Crippen LogP contribution is -2.37. The smallest absolute Gasteiger partial charge is 0.320 e. The molecule has 0 spiro atoms. The summed E-state index contributed by atoms with van der Waals surface area (Å²) in [5, 5.41) is 12.1. The van der Waals surface area contributed by atoms with Crippen LogP contribution in [0.2, 0.25) is 0 Å². The van der Waals surface area contributed by atoms with Crippen molar-refractivity contribution in [2.45, 2.75) is 38.3 Å². The second-order valence-corrected chi connectivity index (χ2v) is 5.24. The number of carboxylic acid groups (broad SMARTS) is 1. The standard InChI is InChI=1S/C11H17NO2/c1-5(11(13)14)12-10-8-6-2-3-7(4-6)9(8)10/h5-10,12H,2-4H2,1H3,(H,13,14). The van der Waals surface area contributed by atoms with Crippen LogP contribution in [0.3, 0.4) is 0 Å². The zero-order valence-corrected chi connectivity index (χ0v) is 8.44. The quantitative estimate of drug-likeness (QED) is 0.709. The first-order valence-electron chi connectivity index (χ1n) is 5.67. The maximum atomic E-state index is 10.7. The van der Waals surface area contributed by atoms with E-state index in [1.807, 2.05) is 0 Å². The monoisotopic (exact) mass is 195 g/mol. The Morgan fingerprint density at radius 3 is 2.43 bits per heavy atom. The largest absolute Gasteiger partial charge is 0.480 e. The maximum absolute atomic E-state index is 10.7. The maximum Gasteiger partial charge on any atom is 0.320 e. The van der Waals surface area contributed by atoms with Crippen LogP contribution < -0.4 is 5.32 Å².